The Kier molecular flexibility index (Phi) is 6.52. The molecule has 0 aliphatic heterocycles. The van der Waals surface area contributed by atoms with Gasteiger partial charge in [-0.3, -0.25) is 0 Å². The van der Waals surface area contributed by atoms with Gasteiger partial charge in [0.05, 0.1) is 17.9 Å². The van der Waals surface area contributed by atoms with Gasteiger partial charge in [0, 0.05) is 23.9 Å². The van der Waals surface area contributed by atoms with Crippen LogP contribution in [-0.4, -0.2) is 30.7 Å². The molecule has 0 unspecified atom stereocenters. The summed E-state index contributed by atoms with van der Waals surface area (Å²) in [7, 11) is -3.80. The van der Waals surface area contributed by atoms with Crippen molar-refractivity contribution in [1.82, 2.24) is 9.97 Å². The summed E-state index contributed by atoms with van der Waals surface area (Å²) in [6.45, 7) is 4.13. The van der Waals surface area contributed by atoms with Gasteiger partial charge in [-0.05, 0) is 73.6 Å². The lowest BCUT2D eigenvalue weighted by atomic mass is 9.97. The zero-order valence-corrected chi connectivity index (χ0v) is 20.1. The molecule has 0 spiro atoms. The maximum Gasteiger partial charge on any atom is 0.309 e. The third kappa shape index (κ3) is 5.51. The summed E-state index contributed by atoms with van der Waals surface area (Å²) in [5.74, 6) is 1.16. The van der Waals surface area contributed by atoms with Gasteiger partial charge >= 0.3 is 10.1 Å². The van der Waals surface area contributed by atoms with Crippen LogP contribution in [0.4, 0.5) is 17.5 Å². The molecule has 2 aromatic carbocycles. The summed E-state index contributed by atoms with van der Waals surface area (Å²) in [6, 6.07) is 9.04. The molecule has 180 valence electrons. The average Bonchev–Trinajstić information content (AvgIpc) is 3.55. The van der Waals surface area contributed by atoms with E-state index in [-0.39, 0.29) is 29.2 Å². The highest BCUT2D eigenvalue weighted by atomic mass is 32.2. The Morgan fingerprint density at radius 1 is 1.09 bits per heavy atom. The molecule has 1 aromatic heterocycles. The Morgan fingerprint density at radius 3 is 2.47 bits per heavy atom. The number of nitrogen functional groups attached to an aromatic ring is 3. The van der Waals surface area contributed by atoms with Gasteiger partial charge in [-0.2, -0.15) is 13.4 Å². The monoisotopic (exact) mass is 483 g/mol. The average molecular weight is 484 g/mol. The quantitative estimate of drug-likeness (QED) is 0.307. The van der Waals surface area contributed by atoms with Crippen molar-refractivity contribution in [3.8, 4) is 22.6 Å². The van der Waals surface area contributed by atoms with Crippen LogP contribution in [-0.2, 0) is 16.5 Å². The molecule has 1 aliphatic carbocycles. The van der Waals surface area contributed by atoms with Crippen LogP contribution < -0.4 is 26.1 Å². The predicted molar refractivity (Wildman–Crippen MR) is 133 cm³/mol. The number of nitrogens with zero attached hydrogens (tertiary/aromatic N) is 2. The number of anilines is 3. The third-order valence-electron chi connectivity index (χ3n) is 5.65. The Morgan fingerprint density at radius 2 is 1.82 bits per heavy atom. The van der Waals surface area contributed by atoms with E-state index in [9.17, 15) is 8.42 Å². The van der Waals surface area contributed by atoms with E-state index in [1.165, 1.54) is 0 Å². The number of benzene rings is 2. The van der Waals surface area contributed by atoms with Crippen molar-refractivity contribution >= 4 is 27.6 Å². The first-order valence-corrected chi connectivity index (χ1v) is 12.7. The molecule has 10 heteroatoms. The zero-order chi connectivity index (χ0) is 24.5. The maximum atomic E-state index is 12.8. The largest absolute Gasteiger partial charge is 0.493 e. The van der Waals surface area contributed by atoms with E-state index in [4.69, 9.17) is 26.1 Å². The van der Waals surface area contributed by atoms with E-state index in [1.54, 1.807) is 18.3 Å². The molecule has 34 heavy (non-hydrogen) atoms. The van der Waals surface area contributed by atoms with E-state index < -0.39 is 10.1 Å². The highest BCUT2D eigenvalue weighted by molar-refractivity contribution is 7.87. The second-order valence-electron chi connectivity index (χ2n) is 8.54. The minimum absolute atomic E-state index is 0.0137. The van der Waals surface area contributed by atoms with Crippen molar-refractivity contribution in [1.29, 1.82) is 0 Å². The number of aryl methyl sites for hydroxylation is 1. The lowest BCUT2D eigenvalue weighted by Gasteiger charge is -2.19. The van der Waals surface area contributed by atoms with E-state index in [2.05, 4.69) is 9.97 Å². The van der Waals surface area contributed by atoms with Crippen LogP contribution >= 0.6 is 0 Å². The van der Waals surface area contributed by atoms with Crippen LogP contribution in [0, 0.1) is 12.8 Å². The van der Waals surface area contributed by atoms with Crippen LogP contribution in [0.25, 0.3) is 11.1 Å². The van der Waals surface area contributed by atoms with E-state index in [1.807, 2.05) is 32.0 Å². The lowest BCUT2D eigenvalue weighted by Crippen LogP contribution is -2.16. The Balaban J connectivity index is 1.84. The van der Waals surface area contributed by atoms with Crippen LogP contribution in [0.2, 0.25) is 0 Å². The topological polar surface area (TPSA) is 156 Å². The Hall–Kier alpha value is -3.53. The minimum Gasteiger partial charge on any atom is -0.493 e. The van der Waals surface area contributed by atoms with Crippen molar-refractivity contribution in [3.63, 3.8) is 0 Å². The third-order valence-corrected chi connectivity index (χ3v) is 6.96. The van der Waals surface area contributed by atoms with Gasteiger partial charge in [0.1, 0.15) is 11.6 Å². The molecule has 4 rings (SSSR count). The van der Waals surface area contributed by atoms with Crippen LogP contribution in [0.3, 0.4) is 0 Å². The van der Waals surface area contributed by atoms with E-state index >= 15 is 0 Å². The standard InChI is InChI=1S/C24H29N5O4S/c1-3-32-20-10-16(9-18-12-28-24(27)29-23(18)26)11-21(33-34(30,31)13-15-4-5-15)22(20)17-6-7-19(25)14(2)8-17/h6-8,10-12,15H,3-5,9,13,25H2,1-2H3,(H4,26,27,28,29). The van der Waals surface area contributed by atoms with Gasteiger partial charge < -0.3 is 26.1 Å². The summed E-state index contributed by atoms with van der Waals surface area (Å²) >= 11 is 0. The molecule has 0 radical (unpaired) electrons. The molecule has 0 saturated heterocycles. The smallest absolute Gasteiger partial charge is 0.309 e. The number of nitrogens with two attached hydrogens (primary N) is 3. The summed E-state index contributed by atoms with van der Waals surface area (Å²) < 4.78 is 37.3. The van der Waals surface area contributed by atoms with Crippen molar-refractivity contribution in [2.45, 2.75) is 33.1 Å². The van der Waals surface area contributed by atoms with Crippen molar-refractivity contribution in [2.24, 2.45) is 5.92 Å². The Labute approximate surface area is 199 Å². The first-order chi connectivity index (χ1) is 16.1. The Bertz CT molecular complexity index is 1320. The molecule has 9 nitrogen and oxygen atoms in total. The summed E-state index contributed by atoms with van der Waals surface area (Å²) in [5, 5.41) is 0. The summed E-state index contributed by atoms with van der Waals surface area (Å²) in [5.41, 5.74) is 21.8. The summed E-state index contributed by atoms with van der Waals surface area (Å²) in [4.78, 5) is 8.02. The maximum absolute atomic E-state index is 12.8. The second kappa shape index (κ2) is 9.38. The molecule has 0 amide bonds. The molecule has 3 aromatic rings. The van der Waals surface area contributed by atoms with Gasteiger partial charge in [-0.25, -0.2) is 4.98 Å². The summed E-state index contributed by atoms with van der Waals surface area (Å²) in [6.07, 6.45) is 3.69. The fraction of sp³-hybridized carbons (Fsp3) is 0.333. The van der Waals surface area contributed by atoms with E-state index in [0.29, 0.717) is 35.6 Å². The van der Waals surface area contributed by atoms with Gasteiger partial charge in [0.25, 0.3) is 0 Å². The first kappa shape index (κ1) is 23.6. The number of hydrogen-bond donors (Lipinski definition) is 3. The van der Waals surface area contributed by atoms with Crippen molar-refractivity contribution in [2.75, 3.05) is 29.6 Å². The van der Waals surface area contributed by atoms with Gasteiger partial charge in [-0.15, -0.1) is 0 Å². The second-order valence-corrected chi connectivity index (χ2v) is 10.2. The van der Waals surface area contributed by atoms with Crippen molar-refractivity contribution in [3.05, 3.63) is 53.2 Å². The van der Waals surface area contributed by atoms with Crippen LogP contribution in [0.15, 0.2) is 36.5 Å². The number of ether oxygens (including phenoxy) is 1. The molecule has 0 atom stereocenters. The lowest BCUT2D eigenvalue weighted by molar-refractivity contribution is 0.340. The number of hydrogen-bond acceptors (Lipinski definition) is 9. The number of aromatic nitrogens is 2. The van der Waals surface area contributed by atoms with Gasteiger partial charge in [0.15, 0.2) is 5.75 Å². The van der Waals surface area contributed by atoms with Crippen LogP contribution in [0.5, 0.6) is 11.5 Å². The molecule has 6 N–H and O–H groups in total. The molecular weight excluding hydrogens is 454 g/mol. The van der Waals surface area contributed by atoms with Crippen molar-refractivity contribution < 1.29 is 17.3 Å². The molecule has 0 bridgehead atoms. The SMILES string of the molecule is CCOc1cc(Cc2cnc(N)nc2N)cc(OS(=O)(=O)CC2CC2)c1-c1ccc(N)c(C)c1. The highest BCUT2D eigenvalue weighted by Crippen LogP contribution is 2.42. The van der Waals surface area contributed by atoms with E-state index in [0.717, 1.165) is 29.5 Å². The predicted octanol–water partition coefficient (Wildman–Crippen LogP) is 3.31. The fourth-order valence-electron chi connectivity index (χ4n) is 3.73. The number of rotatable bonds is 9. The zero-order valence-electron chi connectivity index (χ0n) is 19.2. The fourth-order valence-corrected chi connectivity index (χ4v) is 5.12. The molecule has 1 fully saturated rings. The molecule has 1 aliphatic rings. The minimum atomic E-state index is -3.80. The first-order valence-electron chi connectivity index (χ1n) is 11.1. The molecule has 1 saturated carbocycles. The van der Waals surface area contributed by atoms with Gasteiger partial charge in [-0.1, -0.05) is 6.07 Å². The molecule has 1 heterocycles. The normalized spacial score (nSPS) is 13.6. The molecular formula is C24H29N5O4S. The van der Waals surface area contributed by atoms with Crippen LogP contribution in [0.1, 0.15) is 36.5 Å². The van der Waals surface area contributed by atoms with Gasteiger partial charge in [0.2, 0.25) is 5.95 Å². The highest BCUT2D eigenvalue weighted by Gasteiger charge is 2.30.